The number of rotatable bonds is 7. The van der Waals surface area contributed by atoms with E-state index in [1.807, 2.05) is 84.5 Å². The highest BCUT2D eigenvalue weighted by atomic mass is 35.5. The number of nitrogens with one attached hydrogen (secondary N) is 1. The number of hydrogen-bond acceptors (Lipinski definition) is 3. The molecule has 0 saturated heterocycles. The standard InChI is InChI=1S/C24H22ClN3O2/c1-2-30-22-10-6-17(7-11-22)14-26-24(29)19-8-9-20-15-27-28(23(20)13-19)16-18-4-3-5-21(25)12-18/h3-13,15H,2,14,16H2,1H3,(H,26,29). The monoisotopic (exact) mass is 419 g/mol. The molecule has 4 aromatic rings. The van der Waals surface area contributed by atoms with Crippen LogP contribution in [0.1, 0.15) is 28.4 Å². The Morgan fingerprint density at radius 3 is 2.67 bits per heavy atom. The van der Waals surface area contributed by atoms with Gasteiger partial charge in [0, 0.05) is 22.5 Å². The van der Waals surface area contributed by atoms with Crippen molar-refractivity contribution in [1.82, 2.24) is 15.1 Å². The van der Waals surface area contributed by atoms with E-state index in [0.29, 0.717) is 30.3 Å². The third-order valence-electron chi connectivity index (χ3n) is 4.82. The summed E-state index contributed by atoms with van der Waals surface area (Å²) in [6.45, 7) is 3.62. The van der Waals surface area contributed by atoms with Gasteiger partial charge in [0.2, 0.25) is 0 Å². The molecule has 1 amide bonds. The van der Waals surface area contributed by atoms with Crippen molar-refractivity contribution in [3.8, 4) is 5.75 Å². The van der Waals surface area contributed by atoms with Gasteiger partial charge in [-0.1, -0.05) is 41.9 Å². The molecule has 1 N–H and O–H groups in total. The summed E-state index contributed by atoms with van der Waals surface area (Å²) in [5, 5.41) is 9.12. The summed E-state index contributed by atoms with van der Waals surface area (Å²) in [6.07, 6.45) is 1.81. The summed E-state index contributed by atoms with van der Waals surface area (Å²) in [5.41, 5.74) is 3.57. The highest BCUT2D eigenvalue weighted by Gasteiger charge is 2.10. The molecule has 0 aliphatic heterocycles. The molecule has 0 atom stereocenters. The van der Waals surface area contributed by atoms with Gasteiger partial charge in [-0.25, -0.2) is 0 Å². The van der Waals surface area contributed by atoms with Crippen LogP contribution >= 0.6 is 11.6 Å². The van der Waals surface area contributed by atoms with Crippen molar-refractivity contribution in [2.45, 2.75) is 20.0 Å². The topological polar surface area (TPSA) is 56.1 Å². The molecule has 1 heterocycles. The molecule has 152 valence electrons. The molecule has 6 heteroatoms. The summed E-state index contributed by atoms with van der Waals surface area (Å²) >= 11 is 6.09. The highest BCUT2D eigenvalue weighted by Crippen LogP contribution is 2.19. The lowest BCUT2D eigenvalue weighted by Crippen LogP contribution is -2.22. The largest absolute Gasteiger partial charge is 0.494 e. The van der Waals surface area contributed by atoms with Gasteiger partial charge in [-0.15, -0.1) is 0 Å². The van der Waals surface area contributed by atoms with Gasteiger partial charge in [0.05, 0.1) is 24.9 Å². The summed E-state index contributed by atoms with van der Waals surface area (Å²) in [7, 11) is 0. The fraction of sp³-hybridized carbons (Fsp3) is 0.167. The number of fused-ring (bicyclic) bond motifs is 1. The van der Waals surface area contributed by atoms with Crippen LogP contribution < -0.4 is 10.1 Å². The fourth-order valence-corrected chi connectivity index (χ4v) is 3.51. The van der Waals surface area contributed by atoms with Gasteiger partial charge in [0.1, 0.15) is 5.75 Å². The molecule has 0 bridgehead atoms. The molecular formula is C24H22ClN3O2. The smallest absolute Gasteiger partial charge is 0.251 e. The Kier molecular flexibility index (Phi) is 6.00. The van der Waals surface area contributed by atoms with Crippen LogP contribution in [0.3, 0.4) is 0 Å². The highest BCUT2D eigenvalue weighted by molar-refractivity contribution is 6.30. The second-order valence-electron chi connectivity index (χ2n) is 6.97. The van der Waals surface area contributed by atoms with E-state index >= 15 is 0 Å². The van der Waals surface area contributed by atoms with Gasteiger partial charge in [0.25, 0.3) is 5.91 Å². The molecule has 0 aliphatic rings. The van der Waals surface area contributed by atoms with Crippen molar-refractivity contribution in [1.29, 1.82) is 0 Å². The minimum atomic E-state index is -0.124. The fourth-order valence-electron chi connectivity index (χ4n) is 3.30. The maximum absolute atomic E-state index is 12.7. The predicted octanol–water partition coefficient (Wildman–Crippen LogP) is 5.07. The van der Waals surface area contributed by atoms with Crippen LogP contribution in [-0.2, 0) is 13.1 Å². The van der Waals surface area contributed by atoms with Gasteiger partial charge < -0.3 is 10.1 Å². The zero-order valence-electron chi connectivity index (χ0n) is 16.6. The van der Waals surface area contributed by atoms with Gasteiger partial charge in [0.15, 0.2) is 0 Å². The van der Waals surface area contributed by atoms with E-state index < -0.39 is 0 Å². The minimum absolute atomic E-state index is 0.124. The van der Waals surface area contributed by atoms with Crippen LogP contribution in [0.25, 0.3) is 10.9 Å². The van der Waals surface area contributed by atoms with Crippen LogP contribution in [0.15, 0.2) is 72.9 Å². The molecular weight excluding hydrogens is 398 g/mol. The van der Waals surface area contributed by atoms with Crippen LogP contribution in [0.4, 0.5) is 0 Å². The summed E-state index contributed by atoms with van der Waals surface area (Å²) < 4.78 is 7.33. The molecule has 1 aromatic heterocycles. The first-order valence-electron chi connectivity index (χ1n) is 9.82. The molecule has 0 saturated carbocycles. The van der Waals surface area contributed by atoms with Crippen molar-refractivity contribution >= 4 is 28.4 Å². The molecule has 4 rings (SSSR count). The molecule has 0 spiro atoms. The normalized spacial score (nSPS) is 10.9. The van der Waals surface area contributed by atoms with Crippen molar-refractivity contribution in [2.24, 2.45) is 0 Å². The number of ether oxygens (including phenoxy) is 1. The Bertz CT molecular complexity index is 1170. The number of hydrogen-bond donors (Lipinski definition) is 1. The average molecular weight is 420 g/mol. The Labute approximate surface area is 180 Å². The number of carbonyl (C=O) groups excluding carboxylic acids is 1. The molecule has 3 aromatic carbocycles. The average Bonchev–Trinajstić information content (AvgIpc) is 3.15. The summed E-state index contributed by atoms with van der Waals surface area (Å²) in [4.78, 5) is 12.7. The Morgan fingerprint density at radius 2 is 1.90 bits per heavy atom. The third-order valence-corrected chi connectivity index (χ3v) is 5.05. The summed E-state index contributed by atoms with van der Waals surface area (Å²) in [5.74, 6) is 0.701. The number of nitrogens with zero attached hydrogens (tertiary/aromatic N) is 2. The van der Waals surface area contributed by atoms with E-state index in [9.17, 15) is 4.79 Å². The van der Waals surface area contributed by atoms with Crippen LogP contribution in [0.5, 0.6) is 5.75 Å². The maximum atomic E-state index is 12.7. The summed E-state index contributed by atoms with van der Waals surface area (Å²) in [6, 6.07) is 21.0. The molecule has 0 fully saturated rings. The van der Waals surface area contributed by atoms with E-state index in [-0.39, 0.29) is 5.91 Å². The zero-order valence-corrected chi connectivity index (χ0v) is 17.4. The van der Waals surface area contributed by atoms with E-state index in [0.717, 1.165) is 27.8 Å². The van der Waals surface area contributed by atoms with E-state index in [1.54, 1.807) is 0 Å². The predicted molar refractivity (Wildman–Crippen MR) is 119 cm³/mol. The number of benzene rings is 3. The number of carbonyl (C=O) groups is 1. The van der Waals surface area contributed by atoms with Gasteiger partial charge in [-0.2, -0.15) is 5.10 Å². The van der Waals surface area contributed by atoms with Crippen molar-refractivity contribution in [3.05, 3.63) is 94.6 Å². The second kappa shape index (κ2) is 9.01. The quantitative estimate of drug-likeness (QED) is 0.455. The Balaban J connectivity index is 1.47. The van der Waals surface area contributed by atoms with Crippen molar-refractivity contribution in [2.75, 3.05) is 6.61 Å². The number of aromatic nitrogens is 2. The zero-order chi connectivity index (χ0) is 20.9. The van der Waals surface area contributed by atoms with Gasteiger partial charge >= 0.3 is 0 Å². The molecule has 0 radical (unpaired) electrons. The SMILES string of the molecule is CCOc1ccc(CNC(=O)c2ccc3cnn(Cc4cccc(Cl)c4)c3c2)cc1. The third kappa shape index (κ3) is 4.63. The van der Waals surface area contributed by atoms with Crippen LogP contribution in [0.2, 0.25) is 5.02 Å². The molecule has 0 aliphatic carbocycles. The minimum Gasteiger partial charge on any atom is -0.494 e. The van der Waals surface area contributed by atoms with Crippen LogP contribution in [0, 0.1) is 0 Å². The first-order chi connectivity index (χ1) is 14.6. The Morgan fingerprint density at radius 1 is 1.07 bits per heavy atom. The van der Waals surface area contributed by atoms with Gasteiger partial charge in [-0.3, -0.25) is 9.48 Å². The maximum Gasteiger partial charge on any atom is 0.251 e. The first-order valence-corrected chi connectivity index (χ1v) is 10.2. The van der Waals surface area contributed by atoms with E-state index in [1.165, 1.54) is 0 Å². The lowest BCUT2D eigenvalue weighted by molar-refractivity contribution is 0.0951. The molecule has 5 nitrogen and oxygen atoms in total. The Hall–Kier alpha value is -3.31. The lowest BCUT2D eigenvalue weighted by Gasteiger charge is -2.08. The van der Waals surface area contributed by atoms with Crippen molar-refractivity contribution < 1.29 is 9.53 Å². The van der Waals surface area contributed by atoms with Crippen LogP contribution in [-0.4, -0.2) is 22.3 Å². The number of amides is 1. The van der Waals surface area contributed by atoms with E-state index in [2.05, 4.69) is 10.4 Å². The molecule has 0 unspecified atom stereocenters. The lowest BCUT2D eigenvalue weighted by atomic mass is 10.1. The van der Waals surface area contributed by atoms with Gasteiger partial charge in [-0.05, 0) is 54.4 Å². The van der Waals surface area contributed by atoms with Crippen molar-refractivity contribution in [3.63, 3.8) is 0 Å². The second-order valence-corrected chi connectivity index (χ2v) is 7.40. The van der Waals surface area contributed by atoms with E-state index in [4.69, 9.17) is 16.3 Å². The number of halogens is 1. The first kappa shape index (κ1) is 20.0. The molecule has 30 heavy (non-hydrogen) atoms.